The number of carbonyl (C=O) groups excluding carboxylic acids is 1. The van der Waals surface area contributed by atoms with Crippen molar-refractivity contribution in [1.29, 1.82) is 0 Å². The van der Waals surface area contributed by atoms with Gasteiger partial charge in [0.1, 0.15) is 0 Å². The Morgan fingerprint density at radius 2 is 2.24 bits per heavy atom. The number of nitrogens with zero attached hydrogens (tertiary/aromatic N) is 1. The van der Waals surface area contributed by atoms with Gasteiger partial charge in [-0.3, -0.25) is 4.79 Å². The van der Waals surface area contributed by atoms with Crippen LogP contribution in [0.3, 0.4) is 0 Å². The number of ether oxygens (including phenoxy) is 1. The number of carbonyl (C=O) groups is 1. The van der Waals surface area contributed by atoms with Crippen molar-refractivity contribution >= 4 is 16.9 Å². The van der Waals surface area contributed by atoms with Gasteiger partial charge in [0.25, 0.3) is 0 Å². The summed E-state index contributed by atoms with van der Waals surface area (Å²) < 4.78 is 7.41. The number of aromatic nitrogens is 1. The van der Waals surface area contributed by atoms with Crippen molar-refractivity contribution in [3.8, 4) is 0 Å². The van der Waals surface area contributed by atoms with E-state index in [0.29, 0.717) is 0 Å². The number of aryl methyl sites for hydroxylation is 2. The largest absolute Gasteiger partial charge is 0.469 e. The third-order valence-electron chi connectivity index (χ3n) is 4.60. The summed E-state index contributed by atoms with van der Waals surface area (Å²) in [5.41, 5.74) is 5.39. The second-order valence-electron chi connectivity index (χ2n) is 6.06. The molecule has 2 aromatic rings. The molecule has 0 fully saturated rings. The van der Waals surface area contributed by atoms with Crippen molar-refractivity contribution in [2.24, 2.45) is 5.92 Å². The van der Waals surface area contributed by atoms with Gasteiger partial charge in [0.2, 0.25) is 0 Å². The molecule has 0 spiro atoms. The molecule has 3 nitrogen and oxygen atoms in total. The van der Waals surface area contributed by atoms with E-state index in [9.17, 15) is 4.79 Å². The Bertz CT molecular complexity index is 684. The summed E-state index contributed by atoms with van der Waals surface area (Å²) in [5, 5.41) is 1.33. The Labute approximate surface area is 125 Å². The quantitative estimate of drug-likeness (QED) is 0.806. The number of rotatable bonds is 3. The highest BCUT2D eigenvalue weighted by Gasteiger charge is 2.29. The van der Waals surface area contributed by atoms with E-state index in [2.05, 4.69) is 36.6 Å². The van der Waals surface area contributed by atoms with Crippen LogP contribution in [-0.2, 0) is 28.9 Å². The highest BCUT2D eigenvalue weighted by molar-refractivity contribution is 5.87. The van der Waals surface area contributed by atoms with Gasteiger partial charge in [-0.1, -0.05) is 18.6 Å². The van der Waals surface area contributed by atoms with Gasteiger partial charge in [-0.15, -0.1) is 0 Å². The molecule has 3 heteroatoms. The lowest BCUT2D eigenvalue weighted by Crippen LogP contribution is -2.24. The van der Waals surface area contributed by atoms with Crippen LogP contribution < -0.4 is 0 Å². The molecule has 112 valence electrons. The third-order valence-corrected chi connectivity index (χ3v) is 4.60. The topological polar surface area (TPSA) is 31.2 Å². The van der Waals surface area contributed by atoms with Crippen LogP contribution in [0.5, 0.6) is 0 Å². The van der Waals surface area contributed by atoms with Crippen molar-refractivity contribution < 1.29 is 9.53 Å². The standard InChI is InChI=1S/C18H23NO2/c1-4-9-19-16-7-5-12(2)10-14(16)15-11-13(18(20)21-3)6-8-17(15)19/h5,7,10,13H,4,6,8-9,11H2,1-3H3. The molecule has 1 aromatic carbocycles. The number of hydrogen-bond acceptors (Lipinski definition) is 2. The Kier molecular flexibility index (Phi) is 3.75. The molecule has 21 heavy (non-hydrogen) atoms. The van der Waals surface area contributed by atoms with Gasteiger partial charge in [0.15, 0.2) is 0 Å². The molecule has 1 aliphatic rings. The Hall–Kier alpha value is -1.77. The summed E-state index contributed by atoms with van der Waals surface area (Å²) in [6.45, 7) is 5.40. The number of fused-ring (bicyclic) bond motifs is 3. The molecule has 1 aliphatic carbocycles. The summed E-state index contributed by atoms with van der Waals surface area (Å²) in [6.07, 6.45) is 3.82. The minimum atomic E-state index is -0.0651. The van der Waals surface area contributed by atoms with Crippen LogP contribution in [0.15, 0.2) is 18.2 Å². The summed E-state index contributed by atoms with van der Waals surface area (Å²) in [7, 11) is 1.49. The zero-order valence-electron chi connectivity index (χ0n) is 13.1. The molecule has 0 saturated carbocycles. The first-order valence-corrected chi connectivity index (χ1v) is 7.84. The molecular formula is C18H23NO2. The number of hydrogen-bond donors (Lipinski definition) is 0. The molecule has 0 radical (unpaired) electrons. The van der Waals surface area contributed by atoms with Crippen LogP contribution in [0.2, 0.25) is 0 Å². The summed E-state index contributed by atoms with van der Waals surface area (Å²) in [4.78, 5) is 11.9. The third kappa shape index (κ3) is 2.35. The van der Waals surface area contributed by atoms with Gasteiger partial charge in [-0.05, 0) is 50.3 Å². The van der Waals surface area contributed by atoms with Gasteiger partial charge in [-0.2, -0.15) is 0 Å². The maximum atomic E-state index is 11.9. The molecule has 3 rings (SSSR count). The van der Waals surface area contributed by atoms with Crippen LogP contribution in [0.4, 0.5) is 0 Å². The Morgan fingerprint density at radius 3 is 2.95 bits per heavy atom. The van der Waals surface area contributed by atoms with Gasteiger partial charge < -0.3 is 9.30 Å². The van der Waals surface area contributed by atoms with Crippen LogP contribution in [-0.4, -0.2) is 17.6 Å². The van der Waals surface area contributed by atoms with Crippen LogP contribution in [0.1, 0.15) is 36.6 Å². The van der Waals surface area contributed by atoms with Crippen LogP contribution in [0, 0.1) is 12.8 Å². The maximum Gasteiger partial charge on any atom is 0.309 e. The Morgan fingerprint density at radius 1 is 1.43 bits per heavy atom. The summed E-state index contributed by atoms with van der Waals surface area (Å²) in [5.74, 6) is -0.0478. The molecule has 1 atom stereocenters. The van der Waals surface area contributed by atoms with Crippen LogP contribution in [0.25, 0.3) is 10.9 Å². The molecule has 1 aromatic heterocycles. The predicted molar refractivity (Wildman–Crippen MR) is 84.5 cm³/mol. The first-order valence-electron chi connectivity index (χ1n) is 7.84. The van der Waals surface area contributed by atoms with E-state index in [1.54, 1.807) is 0 Å². The fourth-order valence-corrected chi connectivity index (χ4v) is 3.61. The highest BCUT2D eigenvalue weighted by Crippen LogP contribution is 2.35. The molecule has 0 amide bonds. The van der Waals surface area contributed by atoms with Gasteiger partial charge >= 0.3 is 5.97 Å². The number of methoxy groups -OCH3 is 1. The van der Waals surface area contributed by atoms with E-state index < -0.39 is 0 Å². The smallest absolute Gasteiger partial charge is 0.309 e. The normalized spacial score (nSPS) is 17.8. The lowest BCUT2D eigenvalue weighted by atomic mass is 9.86. The van der Waals surface area contributed by atoms with Gasteiger partial charge in [-0.25, -0.2) is 0 Å². The van der Waals surface area contributed by atoms with Crippen molar-refractivity contribution in [1.82, 2.24) is 4.57 Å². The minimum absolute atomic E-state index is 0.0173. The number of esters is 1. The second-order valence-corrected chi connectivity index (χ2v) is 6.06. The fraction of sp³-hybridized carbons (Fsp3) is 0.500. The maximum absolute atomic E-state index is 11.9. The van der Waals surface area contributed by atoms with E-state index in [4.69, 9.17) is 4.74 Å². The average molecular weight is 285 g/mol. The van der Waals surface area contributed by atoms with E-state index in [1.807, 2.05) is 0 Å². The van der Waals surface area contributed by atoms with Crippen molar-refractivity contribution in [3.63, 3.8) is 0 Å². The van der Waals surface area contributed by atoms with E-state index in [1.165, 1.54) is 34.8 Å². The first kappa shape index (κ1) is 14.2. The van der Waals surface area contributed by atoms with Crippen molar-refractivity contribution in [2.45, 2.75) is 46.1 Å². The van der Waals surface area contributed by atoms with E-state index in [-0.39, 0.29) is 11.9 Å². The minimum Gasteiger partial charge on any atom is -0.469 e. The molecule has 0 aliphatic heterocycles. The van der Waals surface area contributed by atoms with E-state index in [0.717, 1.165) is 32.2 Å². The molecule has 0 bridgehead atoms. The monoisotopic (exact) mass is 285 g/mol. The summed E-state index contributed by atoms with van der Waals surface area (Å²) >= 11 is 0. The van der Waals surface area contributed by atoms with Crippen molar-refractivity contribution in [3.05, 3.63) is 35.0 Å². The highest BCUT2D eigenvalue weighted by atomic mass is 16.5. The van der Waals surface area contributed by atoms with Gasteiger partial charge in [0.05, 0.1) is 13.0 Å². The first-order chi connectivity index (χ1) is 10.2. The second kappa shape index (κ2) is 5.55. The fourth-order valence-electron chi connectivity index (χ4n) is 3.61. The lowest BCUT2D eigenvalue weighted by molar-refractivity contribution is -0.145. The van der Waals surface area contributed by atoms with Crippen molar-refractivity contribution in [2.75, 3.05) is 7.11 Å². The van der Waals surface area contributed by atoms with E-state index >= 15 is 0 Å². The number of benzene rings is 1. The zero-order chi connectivity index (χ0) is 15.0. The van der Waals surface area contributed by atoms with Gasteiger partial charge in [0, 0.05) is 23.1 Å². The Balaban J connectivity index is 2.13. The molecule has 1 unspecified atom stereocenters. The predicted octanol–water partition coefficient (Wildman–Crippen LogP) is 3.64. The molecule has 0 saturated heterocycles. The average Bonchev–Trinajstić information content (AvgIpc) is 2.80. The molecule has 0 N–H and O–H groups in total. The summed E-state index contributed by atoms with van der Waals surface area (Å²) in [6, 6.07) is 6.67. The lowest BCUT2D eigenvalue weighted by Gasteiger charge is -2.22. The zero-order valence-corrected chi connectivity index (χ0v) is 13.1. The SMILES string of the molecule is CCCn1c2c(c3cc(C)ccc31)CC(C(=O)OC)CC2. The molecular weight excluding hydrogens is 262 g/mol. The molecule has 1 heterocycles. The van der Waals surface area contributed by atoms with Crippen LogP contribution >= 0.6 is 0 Å².